The van der Waals surface area contributed by atoms with Crippen LogP contribution in [-0.4, -0.2) is 23.2 Å². The summed E-state index contributed by atoms with van der Waals surface area (Å²) in [4.78, 5) is 12.3. The van der Waals surface area contributed by atoms with Gasteiger partial charge in [-0.3, -0.25) is 4.79 Å². The number of aliphatic hydroxyl groups excluding tert-OH is 1. The summed E-state index contributed by atoms with van der Waals surface area (Å²) in [6, 6.07) is 5.99. The molecule has 1 aliphatic carbocycles. The van der Waals surface area contributed by atoms with E-state index in [2.05, 4.69) is 5.32 Å². The smallest absolute Gasteiger partial charge is 0.225 e. The number of fused-ring (bicyclic) bond motifs is 1. The first-order valence-corrected chi connectivity index (χ1v) is 7.50. The molecule has 0 radical (unpaired) electrons. The standard InChI is InChI=1S/C17H21NO3/c1-12-4-5-14-13(10-21-15(14)8-12)9-16(20)18-17(11-19)6-2-3-7-17/h4-5,8,10,19H,2-3,6-7,9,11H2,1H3,(H,18,20). The van der Waals surface area contributed by atoms with Crippen LogP contribution in [0.4, 0.5) is 0 Å². The highest BCUT2D eigenvalue weighted by molar-refractivity contribution is 5.88. The average Bonchev–Trinajstić information content (AvgIpc) is 3.07. The second kappa shape index (κ2) is 5.53. The molecule has 1 amide bonds. The Morgan fingerprint density at radius 2 is 2.14 bits per heavy atom. The van der Waals surface area contributed by atoms with E-state index < -0.39 is 5.54 Å². The van der Waals surface area contributed by atoms with Crippen LogP contribution >= 0.6 is 0 Å². The van der Waals surface area contributed by atoms with E-state index in [1.807, 2.05) is 25.1 Å². The Morgan fingerprint density at radius 1 is 1.38 bits per heavy atom. The first kappa shape index (κ1) is 14.1. The number of hydrogen-bond donors (Lipinski definition) is 2. The molecule has 1 aromatic heterocycles. The number of hydrogen-bond acceptors (Lipinski definition) is 3. The van der Waals surface area contributed by atoms with E-state index in [9.17, 15) is 9.90 Å². The van der Waals surface area contributed by atoms with Crippen LogP contribution in [0.1, 0.15) is 36.8 Å². The van der Waals surface area contributed by atoms with E-state index >= 15 is 0 Å². The van der Waals surface area contributed by atoms with E-state index in [-0.39, 0.29) is 18.9 Å². The van der Waals surface area contributed by atoms with Crippen LogP contribution < -0.4 is 5.32 Å². The summed E-state index contributed by atoms with van der Waals surface area (Å²) in [7, 11) is 0. The minimum absolute atomic E-state index is 0.0179. The number of aryl methyl sites for hydroxylation is 1. The van der Waals surface area contributed by atoms with Crippen LogP contribution in [0, 0.1) is 6.92 Å². The SMILES string of the molecule is Cc1ccc2c(CC(=O)NC3(CO)CCCC3)coc2c1. The van der Waals surface area contributed by atoms with Gasteiger partial charge in [-0.05, 0) is 31.4 Å². The van der Waals surface area contributed by atoms with Gasteiger partial charge in [-0.15, -0.1) is 0 Å². The molecule has 4 nitrogen and oxygen atoms in total. The minimum Gasteiger partial charge on any atom is -0.464 e. The number of aliphatic hydroxyl groups is 1. The zero-order valence-electron chi connectivity index (χ0n) is 12.3. The van der Waals surface area contributed by atoms with E-state index in [0.717, 1.165) is 47.8 Å². The van der Waals surface area contributed by atoms with E-state index in [1.165, 1.54) is 0 Å². The first-order chi connectivity index (χ1) is 10.1. The first-order valence-electron chi connectivity index (χ1n) is 7.50. The fourth-order valence-electron chi connectivity index (χ4n) is 3.21. The number of carbonyl (C=O) groups excluding carboxylic acids is 1. The summed E-state index contributed by atoms with van der Waals surface area (Å²) in [5.41, 5.74) is 2.44. The third-order valence-electron chi connectivity index (χ3n) is 4.43. The van der Waals surface area contributed by atoms with Gasteiger partial charge in [0.15, 0.2) is 0 Å². The van der Waals surface area contributed by atoms with E-state index in [0.29, 0.717) is 0 Å². The highest BCUT2D eigenvalue weighted by Crippen LogP contribution is 2.29. The maximum absolute atomic E-state index is 12.3. The lowest BCUT2D eigenvalue weighted by Gasteiger charge is -2.27. The Bertz CT molecular complexity index is 653. The quantitative estimate of drug-likeness (QED) is 0.909. The van der Waals surface area contributed by atoms with Gasteiger partial charge in [0.2, 0.25) is 5.91 Å². The molecular formula is C17H21NO3. The summed E-state index contributed by atoms with van der Waals surface area (Å²) in [6.45, 7) is 2.03. The van der Waals surface area contributed by atoms with Crippen LogP contribution in [0.3, 0.4) is 0 Å². The van der Waals surface area contributed by atoms with Crippen molar-refractivity contribution in [1.82, 2.24) is 5.32 Å². The van der Waals surface area contributed by atoms with Crippen LogP contribution in [0.2, 0.25) is 0 Å². The number of rotatable bonds is 4. The molecule has 112 valence electrons. The average molecular weight is 287 g/mol. The summed E-state index contributed by atoms with van der Waals surface area (Å²) < 4.78 is 5.52. The summed E-state index contributed by atoms with van der Waals surface area (Å²) in [6.07, 6.45) is 5.80. The van der Waals surface area contributed by atoms with Crippen molar-refractivity contribution >= 4 is 16.9 Å². The lowest BCUT2D eigenvalue weighted by Crippen LogP contribution is -2.49. The fraction of sp³-hybridized carbons (Fsp3) is 0.471. The van der Waals surface area contributed by atoms with E-state index in [4.69, 9.17) is 4.42 Å². The molecule has 0 unspecified atom stereocenters. The molecule has 0 saturated heterocycles. The Labute approximate surface area is 124 Å². The molecule has 0 atom stereocenters. The maximum Gasteiger partial charge on any atom is 0.225 e. The molecule has 1 fully saturated rings. The van der Waals surface area contributed by atoms with Gasteiger partial charge in [0.05, 0.1) is 24.8 Å². The number of furan rings is 1. The van der Waals surface area contributed by atoms with Gasteiger partial charge in [0.25, 0.3) is 0 Å². The van der Waals surface area contributed by atoms with Crippen molar-refractivity contribution in [2.24, 2.45) is 0 Å². The molecule has 4 heteroatoms. The molecule has 3 rings (SSSR count). The molecule has 21 heavy (non-hydrogen) atoms. The third-order valence-corrected chi connectivity index (χ3v) is 4.43. The second-order valence-corrected chi connectivity index (χ2v) is 6.13. The number of nitrogens with one attached hydrogen (secondary N) is 1. The van der Waals surface area contributed by atoms with Gasteiger partial charge in [0, 0.05) is 10.9 Å². The normalized spacial score (nSPS) is 17.2. The Balaban J connectivity index is 1.74. The van der Waals surface area contributed by atoms with Crippen molar-refractivity contribution in [3.8, 4) is 0 Å². The molecular weight excluding hydrogens is 266 g/mol. The summed E-state index contributed by atoms with van der Waals surface area (Å²) >= 11 is 0. The fourth-order valence-corrected chi connectivity index (χ4v) is 3.21. The van der Waals surface area contributed by atoms with E-state index in [1.54, 1.807) is 6.26 Å². The highest BCUT2D eigenvalue weighted by Gasteiger charge is 2.34. The summed E-state index contributed by atoms with van der Waals surface area (Å²) in [5.74, 6) is -0.0470. The maximum atomic E-state index is 12.3. The van der Waals surface area contributed by atoms with Gasteiger partial charge in [-0.1, -0.05) is 25.0 Å². The number of benzene rings is 1. The lowest BCUT2D eigenvalue weighted by molar-refractivity contribution is -0.122. The predicted octanol–water partition coefficient (Wildman–Crippen LogP) is 2.71. The molecule has 1 aromatic carbocycles. The van der Waals surface area contributed by atoms with Crippen molar-refractivity contribution in [3.63, 3.8) is 0 Å². The molecule has 2 aromatic rings. The van der Waals surface area contributed by atoms with Crippen LogP contribution in [0.25, 0.3) is 11.0 Å². The largest absolute Gasteiger partial charge is 0.464 e. The lowest BCUT2D eigenvalue weighted by atomic mass is 9.98. The predicted molar refractivity (Wildman–Crippen MR) is 81.1 cm³/mol. The van der Waals surface area contributed by atoms with Crippen molar-refractivity contribution in [3.05, 3.63) is 35.6 Å². The monoisotopic (exact) mass is 287 g/mol. The molecule has 0 bridgehead atoms. The van der Waals surface area contributed by atoms with Crippen molar-refractivity contribution < 1.29 is 14.3 Å². The molecule has 2 N–H and O–H groups in total. The number of amides is 1. The Kier molecular flexibility index (Phi) is 3.72. The van der Waals surface area contributed by atoms with Crippen LogP contribution in [-0.2, 0) is 11.2 Å². The highest BCUT2D eigenvalue weighted by atomic mass is 16.3. The number of carbonyl (C=O) groups is 1. The zero-order chi connectivity index (χ0) is 14.9. The van der Waals surface area contributed by atoms with Gasteiger partial charge in [-0.2, -0.15) is 0 Å². The van der Waals surface area contributed by atoms with Crippen molar-refractivity contribution in [2.45, 2.75) is 44.6 Å². The van der Waals surface area contributed by atoms with Gasteiger partial charge in [0.1, 0.15) is 5.58 Å². The summed E-state index contributed by atoms with van der Waals surface area (Å²) in [5, 5.41) is 13.6. The minimum atomic E-state index is -0.410. The third kappa shape index (κ3) is 2.81. The van der Waals surface area contributed by atoms with Crippen molar-refractivity contribution in [2.75, 3.05) is 6.61 Å². The molecule has 1 aliphatic rings. The zero-order valence-corrected chi connectivity index (χ0v) is 12.3. The van der Waals surface area contributed by atoms with Gasteiger partial charge < -0.3 is 14.8 Å². The Morgan fingerprint density at radius 3 is 2.86 bits per heavy atom. The Hall–Kier alpha value is -1.81. The molecule has 0 spiro atoms. The van der Waals surface area contributed by atoms with Gasteiger partial charge in [-0.25, -0.2) is 0 Å². The molecule has 1 saturated carbocycles. The van der Waals surface area contributed by atoms with Crippen molar-refractivity contribution in [1.29, 1.82) is 0 Å². The van der Waals surface area contributed by atoms with Gasteiger partial charge >= 0.3 is 0 Å². The molecule has 0 aliphatic heterocycles. The van der Waals surface area contributed by atoms with Crippen LogP contribution in [0.5, 0.6) is 0 Å². The van der Waals surface area contributed by atoms with Crippen LogP contribution in [0.15, 0.2) is 28.9 Å². The second-order valence-electron chi connectivity index (χ2n) is 6.13. The topological polar surface area (TPSA) is 62.5 Å². The molecule has 1 heterocycles.